The highest BCUT2D eigenvalue weighted by Crippen LogP contribution is 2.27. The zero-order valence-corrected chi connectivity index (χ0v) is 13.2. The average Bonchev–Trinajstić information content (AvgIpc) is 2.82. The zero-order valence-electron chi connectivity index (χ0n) is 13.2. The molecule has 0 fully saturated rings. The van der Waals surface area contributed by atoms with Gasteiger partial charge in [0.2, 0.25) is 0 Å². The number of nitrogens with zero attached hydrogens (tertiary/aromatic N) is 2. The first kappa shape index (κ1) is 14.8. The first-order valence-corrected chi connectivity index (χ1v) is 7.33. The Balaban J connectivity index is 2.46. The van der Waals surface area contributed by atoms with Crippen molar-refractivity contribution in [3.63, 3.8) is 0 Å². The van der Waals surface area contributed by atoms with Gasteiger partial charge in [-0.3, -0.25) is 4.68 Å². The Bertz CT molecular complexity index is 584. The third-order valence-electron chi connectivity index (χ3n) is 3.95. The maximum atomic E-state index is 4.32. The summed E-state index contributed by atoms with van der Waals surface area (Å²) in [5.74, 6) is 0. The molecule has 3 heteroatoms. The van der Waals surface area contributed by atoms with E-state index in [0.29, 0.717) is 0 Å². The first-order chi connectivity index (χ1) is 9.54. The Morgan fingerprint density at radius 1 is 1.15 bits per heavy atom. The lowest BCUT2D eigenvalue weighted by Crippen LogP contribution is -2.26. The zero-order chi connectivity index (χ0) is 14.7. The van der Waals surface area contributed by atoms with E-state index >= 15 is 0 Å². The van der Waals surface area contributed by atoms with Gasteiger partial charge in [-0.2, -0.15) is 5.10 Å². The molecule has 108 valence electrons. The fourth-order valence-electron chi connectivity index (χ4n) is 2.62. The van der Waals surface area contributed by atoms with Crippen molar-refractivity contribution >= 4 is 0 Å². The molecule has 0 saturated carbocycles. The van der Waals surface area contributed by atoms with Gasteiger partial charge in [0.15, 0.2) is 0 Å². The molecule has 1 aromatic heterocycles. The Morgan fingerprint density at radius 3 is 2.45 bits per heavy atom. The Kier molecular flexibility index (Phi) is 4.61. The molecule has 0 radical (unpaired) electrons. The standard InChI is InChI=1S/C17H25N3/c1-6-8-18-17(16-7-9-19-20(16)5)15-11-13(3)12(2)10-14(15)4/h7,9-11,17-18H,6,8H2,1-5H3. The van der Waals surface area contributed by atoms with E-state index in [1.54, 1.807) is 0 Å². The summed E-state index contributed by atoms with van der Waals surface area (Å²) in [7, 11) is 2.01. The summed E-state index contributed by atoms with van der Waals surface area (Å²) >= 11 is 0. The molecule has 1 atom stereocenters. The van der Waals surface area contributed by atoms with Gasteiger partial charge in [-0.05, 0) is 62.1 Å². The van der Waals surface area contributed by atoms with Crippen LogP contribution in [0.5, 0.6) is 0 Å². The van der Waals surface area contributed by atoms with Gasteiger partial charge in [-0.25, -0.2) is 0 Å². The number of aryl methyl sites for hydroxylation is 4. The third kappa shape index (κ3) is 2.93. The van der Waals surface area contributed by atoms with Crippen LogP contribution in [0.1, 0.15) is 47.3 Å². The van der Waals surface area contributed by atoms with E-state index in [0.717, 1.165) is 13.0 Å². The molecule has 0 aliphatic rings. The summed E-state index contributed by atoms with van der Waals surface area (Å²) in [6.45, 7) is 9.74. The fraction of sp³-hybridized carbons (Fsp3) is 0.471. The maximum Gasteiger partial charge on any atom is 0.0750 e. The van der Waals surface area contributed by atoms with Gasteiger partial charge in [0.05, 0.1) is 11.7 Å². The topological polar surface area (TPSA) is 29.9 Å². The van der Waals surface area contributed by atoms with E-state index in [4.69, 9.17) is 0 Å². The molecular weight excluding hydrogens is 246 g/mol. The number of aromatic nitrogens is 2. The number of nitrogens with one attached hydrogen (secondary N) is 1. The van der Waals surface area contributed by atoms with Gasteiger partial charge >= 0.3 is 0 Å². The number of hydrogen-bond acceptors (Lipinski definition) is 2. The van der Waals surface area contributed by atoms with Crippen molar-refractivity contribution in [2.45, 2.75) is 40.2 Å². The molecule has 2 rings (SSSR count). The summed E-state index contributed by atoms with van der Waals surface area (Å²) in [4.78, 5) is 0. The van der Waals surface area contributed by atoms with Gasteiger partial charge in [0, 0.05) is 13.2 Å². The van der Waals surface area contributed by atoms with Crippen molar-refractivity contribution in [3.8, 4) is 0 Å². The van der Waals surface area contributed by atoms with Crippen molar-refractivity contribution in [3.05, 3.63) is 52.3 Å². The Morgan fingerprint density at radius 2 is 1.85 bits per heavy atom. The third-order valence-corrected chi connectivity index (χ3v) is 3.95. The minimum atomic E-state index is 0.210. The van der Waals surface area contributed by atoms with Crippen molar-refractivity contribution in [2.24, 2.45) is 7.05 Å². The molecule has 2 aromatic rings. The molecule has 1 unspecified atom stereocenters. The van der Waals surface area contributed by atoms with Crippen LogP contribution < -0.4 is 5.32 Å². The van der Waals surface area contributed by atoms with Crippen LogP contribution in [-0.4, -0.2) is 16.3 Å². The van der Waals surface area contributed by atoms with Crippen molar-refractivity contribution in [2.75, 3.05) is 6.54 Å². The molecule has 1 N–H and O–H groups in total. The summed E-state index contributed by atoms with van der Waals surface area (Å²) in [5, 5.41) is 7.97. The predicted molar refractivity (Wildman–Crippen MR) is 84.0 cm³/mol. The Hall–Kier alpha value is -1.61. The summed E-state index contributed by atoms with van der Waals surface area (Å²) in [5.41, 5.74) is 6.60. The molecular formula is C17H25N3. The largest absolute Gasteiger partial charge is 0.305 e. The van der Waals surface area contributed by atoms with E-state index in [9.17, 15) is 0 Å². The molecule has 20 heavy (non-hydrogen) atoms. The maximum absolute atomic E-state index is 4.32. The van der Waals surface area contributed by atoms with Crippen LogP contribution in [0, 0.1) is 20.8 Å². The highest BCUT2D eigenvalue weighted by molar-refractivity contribution is 5.41. The second-order valence-electron chi connectivity index (χ2n) is 5.56. The lowest BCUT2D eigenvalue weighted by Gasteiger charge is -2.22. The minimum absolute atomic E-state index is 0.210. The van der Waals surface area contributed by atoms with Gasteiger partial charge < -0.3 is 5.32 Å². The highest BCUT2D eigenvalue weighted by atomic mass is 15.3. The SMILES string of the molecule is CCCNC(c1cc(C)c(C)cc1C)c1ccnn1C. The summed E-state index contributed by atoms with van der Waals surface area (Å²) in [6.07, 6.45) is 2.99. The smallest absolute Gasteiger partial charge is 0.0750 e. The molecule has 1 aromatic carbocycles. The molecule has 0 aliphatic heterocycles. The van der Waals surface area contributed by atoms with Crippen molar-refractivity contribution in [1.82, 2.24) is 15.1 Å². The van der Waals surface area contributed by atoms with Crippen LogP contribution in [0.4, 0.5) is 0 Å². The van der Waals surface area contributed by atoms with E-state index in [2.05, 4.69) is 56.3 Å². The summed E-state index contributed by atoms with van der Waals surface area (Å²) in [6, 6.07) is 6.90. The van der Waals surface area contributed by atoms with Gasteiger partial charge in [-0.1, -0.05) is 19.1 Å². The molecule has 0 saturated heterocycles. The van der Waals surface area contributed by atoms with E-state index in [1.807, 2.05) is 17.9 Å². The monoisotopic (exact) mass is 271 g/mol. The summed E-state index contributed by atoms with van der Waals surface area (Å²) < 4.78 is 1.96. The van der Waals surface area contributed by atoms with Gasteiger partial charge in [0.1, 0.15) is 0 Å². The molecule has 0 spiro atoms. The van der Waals surface area contributed by atoms with Gasteiger partial charge in [0.25, 0.3) is 0 Å². The second kappa shape index (κ2) is 6.23. The minimum Gasteiger partial charge on any atom is -0.305 e. The predicted octanol–water partition coefficient (Wildman–Crippen LogP) is 3.43. The van der Waals surface area contributed by atoms with Crippen LogP contribution in [0.3, 0.4) is 0 Å². The molecule has 0 aliphatic carbocycles. The lowest BCUT2D eigenvalue weighted by molar-refractivity contribution is 0.551. The molecule has 0 bridgehead atoms. The fourth-order valence-corrected chi connectivity index (χ4v) is 2.62. The van der Waals surface area contributed by atoms with E-state index in [1.165, 1.54) is 27.9 Å². The van der Waals surface area contributed by atoms with Crippen molar-refractivity contribution < 1.29 is 0 Å². The van der Waals surface area contributed by atoms with Gasteiger partial charge in [-0.15, -0.1) is 0 Å². The number of hydrogen-bond donors (Lipinski definition) is 1. The van der Waals surface area contributed by atoms with Crippen LogP contribution >= 0.6 is 0 Å². The van der Waals surface area contributed by atoms with Crippen LogP contribution in [0.2, 0.25) is 0 Å². The molecule has 0 amide bonds. The normalized spacial score (nSPS) is 12.7. The van der Waals surface area contributed by atoms with Crippen molar-refractivity contribution in [1.29, 1.82) is 0 Å². The Labute approximate surface area is 122 Å². The van der Waals surface area contributed by atoms with E-state index in [-0.39, 0.29) is 6.04 Å². The highest BCUT2D eigenvalue weighted by Gasteiger charge is 2.19. The first-order valence-electron chi connectivity index (χ1n) is 7.33. The molecule has 3 nitrogen and oxygen atoms in total. The quantitative estimate of drug-likeness (QED) is 0.903. The number of rotatable bonds is 5. The molecule has 1 heterocycles. The average molecular weight is 271 g/mol. The van der Waals surface area contributed by atoms with Crippen LogP contribution in [0.15, 0.2) is 24.4 Å². The second-order valence-corrected chi connectivity index (χ2v) is 5.56. The van der Waals surface area contributed by atoms with Crippen LogP contribution in [-0.2, 0) is 7.05 Å². The number of benzene rings is 1. The van der Waals surface area contributed by atoms with Crippen LogP contribution in [0.25, 0.3) is 0 Å². The van der Waals surface area contributed by atoms with E-state index < -0.39 is 0 Å². The lowest BCUT2D eigenvalue weighted by atomic mass is 9.94.